The Morgan fingerprint density at radius 3 is 2.16 bits per heavy atom. The number of hydrogen-bond acceptors (Lipinski definition) is 3. The summed E-state index contributed by atoms with van der Waals surface area (Å²) < 4.78 is 23.1. The van der Waals surface area contributed by atoms with E-state index in [0.29, 0.717) is 5.96 Å². The molecule has 0 bridgehead atoms. The Morgan fingerprint density at radius 1 is 1.26 bits per heavy atom. The van der Waals surface area contributed by atoms with Gasteiger partial charge in [0.2, 0.25) is 0 Å². The van der Waals surface area contributed by atoms with Crippen molar-refractivity contribution in [2.45, 2.75) is 52.3 Å². The van der Waals surface area contributed by atoms with Crippen LogP contribution in [0.1, 0.15) is 41.5 Å². The van der Waals surface area contributed by atoms with Crippen molar-refractivity contribution in [2.75, 3.05) is 18.8 Å². The van der Waals surface area contributed by atoms with E-state index in [9.17, 15) is 8.42 Å². The summed E-state index contributed by atoms with van der Waals surface area (Å²) in [7, 11) is -3.10. The van der Waals surface area contributed by atoms with Crippen LogP contribution in [0, 0.1) is 0 Å². The predicted octanol–water partition coefficient (Wildman–Crippen LogP) is 1.78. The highest BCUT2D eigenvalue weighted by Gasteiger charge is 2.28. The summed E-state index contributed by atoms with van der Waals surface area (Å²) in [6.07, 6.45) is 0. The first kappa shape index (κ1) is 21.3. The molecule has 0 radical (unpaired) electrons. The van der Waals surface area contributed by atoms with Crippen LogP contribution in [-0.2, 0) is 9.84 Å². The molecule has 0 unspecified atom stereocenters. The molecular weight excluding hydrogens is 377 g/mol. The van der Waals surface area contributed by atoms with Crippen molar-refractivity contribution in [3.63, 3.8) is 0 Å². The van der Waals surface area contributed by atoms with Crippen molar-refractivity contribution in [3.8, 4) is 0 Å². The van der Waals surface area contributed by atoms with E-state index < -0.39 is 14.6 Å². The van der Waals surface area contributed by atoms with Gasteiger partial charge in [-0.15, -0.1) is 24.0 Å². The molecule has 2 N–H and O–H groups in total. The summed E-state index contributed by atoms with van der Waals surface area (Å²) >= 11 is 0. The van der Waals surface area contributed by atoms with E-state index in [1.54, 1.807) is 20.8 Å². The van der Waals surface area contributed by atoms with Gasteiger partial charge in [-0.3, -0.25) is 4.99 Å². The SMILES string of the molecule is CCNC(=NCCS(=O)(=O)C(C)(C)C)NC(C)C.I. The average Bonchev–Trinajstić information content (AvgIpc) is 2.14. The molecule has 0 aliphatic rings. The van der Waals surface area contributed by atoms with E-state index in [-0.39, 0.29) is 42.3 Å². The third kappa shape index (κ3) is 8.67. The summed E-state index contributed by atoms with van der Waals surface area (Å²) in [5.74, 6) is 0.738. The van der Waals surface area contributed by atoms with E-state index in [2.05, 4.69) is 15.6 Å². The molecule has 0 saturated carbocycles. The normalized spacial score (nSPS) is 13.1. The van der Waals surface area contributed by atoms with Crippen LogP contribution in [0.5, 0.6) is 0 Å². The molecule has 0 aliphatic carbocycles. The van der Waals surface area contributed by atoms with E-state index in [1.807, 2.05) is 20.8 Å². The summed E-state index contributed by atoms with van der Waals surface area (Å²) in [5, 5.41) is 6.23. The maximum atomic E-state index is 11.9. The summed E-state index contributed by atoms with van der Waals surface area (Å²) in [6.45, 7) is 12.2. The van der Waals surface area contributed by atoms with Crippen molar-refractivity contribution < 1.29 is 8.42 Å². The van der Waals surface area contributed by atoms with E-state index in [0.717, 1.165) is 6.54 Å². The first-order valence-electron chi connectivity index (χ1n) is 6.37. The minimum Gasteiger partial charge on any atom is -0.357 e. The van der Waals surface area contributed by atoms with Gasteiger partial charge in [-0.2, -0.15) is 0 Å². The molecule has 0 rings (SSSR count). The number of sulfone groups is 1. The van der Waals surface area contributed by atoms with Crippen LogP contribution in [0.2, 0.25) is 0 Å². The Kier molecular flexibility index (Phi) is 10.1. The highest BCUT2D eigenvalue weighted by atomic mass is 127. The Balaban J connectivity index is 0. The average molecular weight is 405 g/mol. The molecule has 19 heavy (non-hydrogen) atoms. The van der Waals surface area contributed by atoms with Gasteiger partial charge in [0.15, 0.2) is 15.8 Å². The molecule has 0 aliphatic heterocycles. The Labute approximate surface area is 135 Å². The molecule has 0 saturated heterocycles. The fraction of sp³-hybridized carbons (Fsp3) is 0.917. The van der Waals surface area contributed by atoms with Crippen molar-refractivity contribution in [2.24, 2.45) is 4.99 Å². The summed E-state index contributed by atoms with van der Waals surface area (Å²) in [6, 6.07) is 0.266. The molecule has 0 spiro atoms. The zero-order valence-electron chi connectivity index (χ0n) is 12.8. The Morgan fingerprint density at radius 2 is 1.79 bits per heavy atom. The molecule has 7 heteroatoms. The van der Waals surface area contributed by atoms with Gasteiger partial charge in [0, 0.05) is 12.6 Å². The largest absolute Gasteiger partial charge is 0.357 e. The smallest absolute Gasteiger partial charge is 0.191 e. The zero-order chi connectivity index (χ0) is 14.4. The van der Waals surface area contributed by atoms with Gasteiger partial charge in [-0.05, 0) is 41.5 Å². The van der Waals surface area contributed by atoms with Crippen molar-refractivity contribution in [1.29, 1.82) is 0 Å². The van der Waals surface area contributed by atoms with E-state index >= 15 is 0 Å². The Bertz CT molecular complexity index is 373. The second kappa shape index (κ2) is 8.99. The standard InChI is InChI=1S/C12H27N3O2S.HI/c1-7-13-11(15-10(2)3)14-8-9-18(16,17)12(4,5)6;/h10H,7-9H2,1-6H3,(H2,13,14,15);1H. The maximum absolute atomic E-state index is 11.9. The Hall–Kier alpha value is -0.0500. The lowest BCUT2D eigenvalue weighted by molar-refractivity contribution is 0.560. The lowest BCUT2D eigenvalue weighted by atomic mass is 10.3. The van der Waals surface area contributed by atoms with Crippen molar-refractivity contribution in [1.82, 2.24) is 10.6 Å². The quantitative estimate of drug-likeness (QED) is 0.416. The molecule has 0 amide bonds. The molecule has 0 aromatic rings. The zero-order valence-corrected chi connectivity index (χ0v) is 15.9. The van der Waals surface area contributed by atoms with Crippen LogP contribution in [0.3, 0.4) is 0 Å². The van der Waals surface area contributed by atoms with Gasteiger partial charge >= 0.3 is 0 Å². The van der Waals surface area contributed by atoms with Gasteiger partial charge in [0.25, 0.3) is 0 Å². The fourth-order valence-electron chi connectivity index (χ4n) is 1.18. The number of halogens is 1. The van der Waals surface area contributed by atoms with Crippen LogP contribution < -0.4 is 10.6 Å². The van der Waals surface area contributed by atoms with Crippen LogP contribution in [0.15, 0.2) is 4.99 Å². The first-order chi connectivity index (χ1) is 8.10. The fourth-order valence-corrected chi connectivity index (χ4v) is 2.12. The highest BCUT2D eigenvalue weighted by Crippen LogP contribution is 2.15. The number of guanidine groups is 1. The van der Waals surface area contributed by atoms with Crippen molar-refractivity contribution >= 4 is 39.8 Å². The number of rotatable bonds is 5. The lowest BCUT2D eigenvalue weighted by Gasteiger charge is -2.19. The van der Waals surface area contributed by atoms with Gasteiger partial charge < -0.3 is 10.6 Å². The number of aliphatic imine (C=N–C) groups is 1. The maximum Gasteiger partial charge on any atom is 0.191 e. The third-order valence-electron chi connectivity index (χ3n) is 2.33. The molecule has 0 heterocycles. The van der Waals surface area contributed by atoms with Crippen LogP contribution in [0.25, 0.3) is 0 Å². The van der Waals surface area contributed by atoms with Crippen LogP contribution in [-0.4, -0.2) is 44.0 Å². The summed E-state index contributed by atoms with van der Waals surface area (Å²) in [5.41, 5.74) is 0. The minimum atomic E-state index is -3.10. The van der Waals surface area contributed by atoms with Gasteiger partial charge in [0.05, 0.1) is 17.0 Å². The monoisotopic (exact) mass is 405 g/mol. The molecule has 0 fully saturated rings. The van der Waals surface area contributed by atoms with Crippen LogP contribution in [0.4, 0.5) is 0 Å². The van der Waals surface area contributed by atoms with E-state index in [4.69, 9.17) is 0 Å². The minimum absolute atomic E-state index is 0. The molecule has 5 nitrogen and oxygen atoms in total. The highest BCUT2D eigenvalue weighted by molar-refractivity contribution is 14.0. The molecular formula is C12H28IN3O2S. The lowest BCUT2D eigenvalue weighted by Crippen LogP contribution is -2.41. The second-order valence-electron chi connectivity index (χ2n) is 5.49. The molecule has 0 aromatic carbocycles. The number of nitrogens with one attached hydrogen (secondary N) is 2. The molecule has 116 valence electrons. The molecule has 0 aromatic heterocycles. The topological polar surface area (TPSA) is 70.6 Å². The number of nitrogens with zero attached hydrogens (tertiary/aromatic N) is 1. The van der Waals surface area contributed by atoms with E-state index in [1.165, 1.54) is 0 Å². The second-order valence-corrected chi connectivity index (χ2v) is 8.35. The van der Waals surface area contributed by atoms with Gasteiger partial charge in [-0.1, -0.05) is 0 Å². The molecule has 0 atom stereocenters. The van der Waals surface area contributed by atoms with Crippen LogP contribution >= 0.6 is 24.0 Å². The third-order valence-corrected chi connectivity index (χ3v) is 4.92. The predicted molar refractivity (Wildman–Crippen MR) is 93.2 cm³/mol. The summed E-state index contributed by atoms with van der Waals surface area (Å²) in [4.78, 5) is 4.27. The van der Waals surface area contributed by atoms with Gasteiger partial charge in [0.1, 0.15) is 0 Å². The van der Waals surface area contributed by atoms with Gasteiger partial charge in [-0.25, -0.2) is 8.42 Å². The van der Waals surface area contributed by atoms with Crippen molar-refractivity contribution in [3.05, 3.63) is 0 Å². The first-order valence-corrected chi connectivity index (χ1v) is 8.02. The number of hydrogen-bond donors (Lipinski definition) is 2.